The van der Waals surface area contributed by atoms with E-state index in [0.717, 1.165) is 36.5 Å². The molecule has 1 atom stereocenters. The van der Waals surface area contributed by atoms with Gasteiger partial charge in [-0.25, -0.2) is 14.4 Å². The van der Waals surface area contributed by atoms with Crippen LogP contribution < -0.4 is 15.4 Å². The predicted octanol–water partition coefficient (Wildman–Crippen LogP) is 5.08. The van der Waals surface area contributed by atoms with E-state index in [0.29, 0.717) is 22.9 Å². The van der Waals surface area contributed by atoms with Gasteiger partial charge in [-0.1, -0.05) is 19.9 Å². The lowest BCUT2D eigenvalue weighted by Gasteiger charge is -2.35. The Balaban J connectivity index is 0.00000186. The second-order valence-electron chi connectivity index (χ2n) is 8.35. The van der Waals surface area contributed by atoms with Crippen LogP contribution in [0.4, 0.5) is 10.2 Å². The van der Waals surface area contributed by atoms with Crippen LogP contribution in [0, 0.1) is 12.7 Å². The summed E-state index contributed by atoms with van der Waals surface area (Å²) in [4.78, 5) is 14.1. The van der Waals surface area contributed by atoms with Gasteiger partial charge in [-0.05, 0) is 51.8 Å². The lowest BCUT2D eigenvalue weighted by Crippen LogP contribution is -2.52. The number of hydrogen-bond donors (Lipinski definition) is 4. The van der Waals surface area contributed by atoms with Gasteiger partial charge >= 0.3 is 0 Å². The van der Waals surface area contributed by atoms with E-state index < -0.39 is 5.82 Å². The minimum atomic E-state index is -0.403. The Morgan fingerprint density at radius 3 is 2.89 bits per heavy atom. The first kappa shape index (κ1) is 27.7. The summed E-state index contributed by atoms with van der Waals surface area (Å²) >= 11 is 0. The third kappa shape index (κ3) is 7.07. The highest BCUT2D eigenvalue weighted by Crippen LogP contribution is 2.27. The highest BCUT2D eigenvalue weighted by molar-refractivity contribution is 5.94. The average molecular weight is 509 g/mol. The van der Waals surface area contributed by atoms with Crippen LogP contribution in [-0.2, 0) is 0 Å². The number of piperazine rings is 1. The Hall–Kier alpha value is -3.92. The molecule has 0 bridgehead atoms. The normalized spacial score (nSPS) is 16.6. The van der Waals surface area contributed by atoms with Gasteiger partial charge in [0.25, 0.3) is 0 Å². The van der Waals surface area contributed by atoms with E-state index in [1.54, 1.807) is 24.3 Å². The van der Waals surface area contributed by atoms with E-state index >= 15 is 0 Å². The molecule has 0 radical (unpaired) electrons. The number of aromatic nitrogens is 3. The van der Waals surface area contributed by atoms with Crippen molar-refractivity contribution >= 4 is 35.3 Å². The molecule has 1 aromatic carbocycles. The number of allylic oxidation sites excluding steroid dienone is 1. The van der Waals surface area contributed by atoms with Gasteiger partial charge in [0.15, 0.2) is 24.1 Å². The molecule has 4 N–H and O–H groups in total. The van der Waals surface area contributed by atoms with E-state index in [4.69, 9.17) is 4.74 Å². The molecular formula is C27H37FN8O. The van der Waals surface area contributed by atoms with Gasteiger partial charge in [0.1, 0.15) is 11.7 Å². The molecule has 0 aliphatic carbocycles. The molecule has 10 heteroatoms. The number of H-pyrrole nitrogens is 2. The molecule has 3 heterocycles. The topological polar surface area (TPSA) is 106 Å². The van der Waals surface area contributed by atoms with Crippen molar-refractivity contribution in [2.75, 3.05) is 31.7 Å². The molecule has 0 saturated carbocycles. The number of nitrogens with one attached hydrogen (secondary N) is 4. The third-order valence-electron chi connectivity index (χ3n) is 5.72. The smallest absolute Gasteiger partial charge is 0.181 e. The summed E-state index contributed by atoms with van der Waals surface area (Å²) < 4.78 is 20.7. The summed E-state index contributed by atoms with van der Waals surface area (Å²) in [6, 6.07) is 7.26. The maximum atomic E-state index is 14.9. The van der Waals surface area contributed by atoms with Crippen LogP contribution in [0.25, 0.3) is 17.0 Å². The van der Waals surface area contributed by atoms with Gasteiger partial charge in [0.05, 0.1) is 5.69 Å². The van der Waals surface area contributed by atoms with Crippen molar-refractivity contribution in [1.82, 2.24) is 25.4 Å². The minimum Gasteiger partial charge on any atom is -0.468 e. The first-order valence-corrected chi connectivity index (χ1v) is 12.5. The van der Waals surface area contributed by atoms with E-state index in [2.05, 4.69) is 54.3 Å². The number of aliphatic imine (C=N–C) groups is 2. The van der Waals surface area contributed by atoms with Crippen molar-refractivity contribution < 1.29 is 9.13 Å². The molecule has 1 aliphatic rings. The number of rotatable bonds is 8. The Morgan fingerprint density at radius 2 is 2.16 bits per heavy atom. The molecule has 37 heavy (non-hydrogen) atoms. The molecule has 2 aromatic heterocycles. The molecular weight excluding hydrogens is 471 g/mol. The van der Waals surface area contributed by atoms with Crippen LogP contribution in [0.15, 0.2) is 52.2 Å². The summed E-state index contributed by atoms with van der Waals surface area (Å²) in [5.41, 5.74) is 2.49. The summed E-state index contributed by atoms with van der Waals surface area (Å²) in [5.74, 6) is 1.52. The zero-order valence-electron chi connectivity index (χ0n) is 22.2. The largest absolute Gasteiger partial charge is 0.468 e. The molecule has 9 nitrogen and oxygen atoms in total. The van der Waals surface area contributed by atoms with Gasteiger partial charge in [0.2, 0.25) is 0 Å². The van der Waals surface area contributed by atoms with Gasteiger partial charge in [-0.15, -0.1) is 0 Å². The van der Waals surface area contributed by atoms with Crippen LogP contribution >= 0.6 is 0 Å². The molecule has 1 unspecified atom stereocenters. The van der Waals surface area contributed by atoms with Crippen LogP contribution in [0.3, 0.4) is 0 Å². The molecule has 0 amide bonds. The highest BCUT2D eigenvalue weighted by Gasteiger charge is 2.21. The number of benzene rings is 1. The molecule has 1 fully saturated rings. The summed E-state index contributed by atoms with van der Waals surface area (Å²) in [6.45, 7) is 16.0. The number of halogens is 1. The van der Waals surface area contributed by atoms with E-state index in [1.807, 2.05) is 45.9 Å². The van der Waals surface area contributed by atoms with Gasteiger partial charge in [0, 0.05) is 54.4 Å². The molecule has 0 spiro atoms. The second-order valence-corrected chi connectivity index (χ2v) is 8.35. The fraction of sp³-hybridized carbons (Fsp3) is 0.370. The Labute approximate surface area is 217 Å². The molecule has 1 saturated heterocycles. The number of ether oxygens (including phenoxy) is 1. The number of amidine groups is 1. The first-order valence-electron chi connectivity index (χ1n) is 12.5. The van der Waals surface area contributed by atoms with Crippen molar-refractivity contribution in [2.24, 2.45) is 9.98 Å². The fourth-order valence-corrected chi connectivity index (χ4v) is 4.01. The van der Waals surface area contributed by atoms with Crippen molar-refractivity contribution in [2.45, 2.75) is 40.7 Å². The minimum absolute atomic E-state index is 0.0490. The summed E-state index contributed by atoms with van der Waals surface area (Å²) in [7, 11) is 0. The van der Waals surface area contributed by atoms with Crippen LogP contribution in [0.1, 0.15) is 39.1 Å². The van der Waals surface area contributed by atoms with E-state index in [9.17, 15) is 4.39 Å². The van der Waals surface area contributed by atoms with Crippen molar-refractivity contribution in [3.63, 3.8) is 0 Å². The Morgan fingerprint density at radius 1 is 1.35 bits per heavy atom. The summed E-state index contributed by atoms with van der Waals surface area (Å²) in [5, 5.41) is 14.2. The SMILES string of the molecule is C=N/C(=C\C(=N/COc1ccc2[nH]c(C)cc2c1F)N1CCNCC1C)Nc1cc(/C=C/C)[nH]n1.CC. The number of fused-ring (bicyclic) bond motifs is 1. The van der Waals surface area contributed by atoms with Gasteiger partial charge in [-0.2, -0.15) is 5.10 Å². The third-order valence-corrected chi connectivity index (χ3v) is 5.72. The summed E-state index contributed by atoms with van der Waals surface area (Å²) in [6.07, 6.45) is 5.65. The number of hydrogen-bond acceptors (Lipinski definition) is 6. The van der Waals surface area contributed by atoms with E-state index in [-0.39, 0.29) is 18.5 Å². The average Bonchev–Trinajstić information content (AvgIpc) is 3.51. The van der Waals surface area contributed by atoms with Crippen molar-refractivity contribution in [1.29, 1.82) is 0 Å². The van der Waals surface area contributed by atoms with Crippen LogP contribution in [0.2, 0.25) is 0 Å². The number of nitrogens with zero attached hydrogens (tertiary/aromatic N) is 4. The monoisotopic (exact) mass is 508 g/mol. The van der Waals surface area contributed by atoms with Crippen molar-refractivity contribution in [3.05, 3.63) is 59.4 Å². The van der Waals surface area contributed by atoms with E-state index in [1.165, 1.54) is 0 Å². The molecule has 4 rings (SSSR count). The maximum Gasteiger partial charge on any atom is 0.181 e. The zero-order valence-corrected chi connectivity index (χ0v) is 22.2. The number of aromatic amines is 2. The highest BCUT2D eigenvalue weighted by atomic mass is 19.1. The Bertz CT molecular complexity index is 1270. The fourth-order valence-electron chi connectivity index (χ4n) is 4.01. The van der Waals surface area contributed by atoms with Crippen LogP contribution in [0.5, 0.6) is 5.75 Å². The second kappa shape index (κ2) is 13.4. The lowest BCUT2D eigenvalue weighted by molar-refractivity contribution is 0.268. The standard InChI is InChI=1S/C25H31FN8O.C2H6/c1-5-6-18-12-23(33-32-18)31-22(27-4)13-24(34-10-9-28-14-17(34)3)29-15-35-21-8-7-20-19(25(21)26)11-16(2)30-20;1-2/h5-8,11-13,17,28,30H,4,9-10,14-15H2,1-3H3,(H2,31,32,33);1-2H3/b6-5+,22-13+,29-24+;. The number of aryl methyl sites for hydroxylation is 1. The molecule has 198 valence electrons. The van der Waals surface area contributed by atoms with Crippen LogP contribution in [-0.4, -0.2) is 65.0 Å². The Kier molecular flexibility index (Phi) is 10.0. The van der Waals surface area contributed by atoms with Crippen molar-refractivity contribution in [3.8, 4) is 5.75 Å². The predicted molar refractivity (Wildman–Crippen MR) is 151 cm³/mol. The molecule has 1 aliphatic heterocycles. The van der Waals surface area contributed by atoms with Gasteiger partial charge in [-0.3, -0.25) is 5.10 Å². The lowest BCUT2D eigenvalue weighted by atomic mass is 10.2. The maximum absolute atomic E-state index is 14.9. The molecule has 3 aromatic rings. The first-order chi connectivity index (χ1) is 18.0. The quantitative estimate of drug-likeness (QED) is 0.251. The number of anilines is 1. The zero-order chi connectivity index (χ0) is 26.8. The van der Waals surface area contributed by atoms with Gasteiger partial charge < -0.3 is 25.3 Å².